The van der Waals surface area contributed by atoms with E-state index in [1.165, 1.54) is 36.8 Å². The molecule has 2 amide bonds. The Morgan fingerprint density at radius 3 is 2.15 bits per heavy atom. The fourth-order valence-electron chi connectivity index (χ4n) is 9.42. The van der Waals surface area contributed by atoms with E-state index >= 15 is 0 Å². The molecule has 1 unspecified atom stereocenters. The van der Waals surface area contributed by atoms with Crippen LogP contribution in [-0.4, -0.2) is 101 Å². The van der Waals surface area contributed by atoms with Crippen molar-refractivity contribution >= 4 is 40.2 Å². The number of piperidine rings is 3. The number of carbonyl (C=O) groups excluding carboxylic acids is 2. The average Bonchev–Trinajstić information content (AvgIpc) is 3.66. The number of aromatic hydroxyl groups is 2. The largest absolute Gasteiger partial charge is 0.508 e. The van der Waals surface area contributed by atoms with Crippen molar-refractivity contribution in [2.75, 3.05) is 57.1 Å². The van der Waals surface area contributed by atoms with E-state index in [9.17, 15) is 19.8 Å². The fourth-order valence-corrected chi connectivity index (χ4v) is 9.61. The van der Waals surface area contributed by atoms with E-state index in [4.69, 9.17) is 16.3 Å². The lowest BCUT2D eigenvalue weighted by Crippen LogP contribution is -2.50. The Balaban J connectivity index is 0.792. The first kappa shape index (κ1) is 40.9. The van der Waals surface area contributed by atoms with Crippen LogP contribution in [0.2, 0.25) is 0 Å². The molecule has 4 aromatic rings. The van der Waals surface area contributed by atoms with Crippen LogP contribution in [-0.2, 0) is 22.7 Å². The molecule has 310 valence electrons. The van der Waals surface area contributed by atoms with Gasteiger partial charge in [0.1, 0.15) is 23.9 Å². The number of ether oxygens (including phenoxy) is 1. The summed E-state index contributed by atoms with van der Waals surface area (Å²) in [6, 6.07) is 29.5. The highest BCUT2D eigenvalue weighted by atomic mass is 35.5. The number of likely N-dealkylation sites (tertiary alicyclic amines) is 2. The Kier molecular flexibility index (Phi) is 13.2. The molecule has 2 atom stereocenters. The van der Waals surface area contributed by atoms with Crippen molar-refractivity contribution in [2.45, 2.75) is 70.1 Å². The minimum atomic E-state index is -0.232. The van der Waals surface area contributed by atoms with Gasteiger partial charge in [-0.05, 0) is 152 Å². The second kappa shape index (κ2) is 19.0. The molecule has 0 aliphatic carbocycles. The third kappa shape index (κ3) is 10.3. The number of phenolic OH excluding ortho intramolecular Hbond substituents is 2. The van der Waals surface area contributed by atoms with Crippen LogP contribution in [0.25, 0.3) is 11.1 Å². The predicted octanol–water partition coefficient (Wildman–Crippen LogP) is 7.47. The maximum absolute atomic E-state index is 12.5. The second-order valence-electron chi connectivity index (χ2n) is 16.6. The maximum Gasteiger partial charge on any atom is 0.243 e. The molecule has 0 spiro atoms. The Morgan fingerprint density at radius 1 is 0.780 bits per heavy atom. The van der Waals surface area contributed by atoms with Crippen LogP contribution in [0.15, 0.2) is 91.0 Å². The van der Waals surface area contributed by atoms with Gasteiger partial charge in [-0.3, -0.25) is 24.7 Å². The van der Waals surface area contributed by atoms with Gasteiger partial charge in [0.05, 0.1) is 6.04 Å². The summed E-state index contributed by atoms with van der Waals surface area (Å²) in [5, 5.41) is 26.3. The number of phenols is 2. The number of nitrogens with one attached hydrogen (secondary N) is 2. The van der Waals surface area contributed by atoms with Crippen LogP contribution in [0.5, 0.6) is 17.2 Å². The van der Waals surface area contributed by atoms with Crippen LogP contribution in [0.4, 0.5) is 5.69 Å². The van der Waals surface area contributed by atoms with Gasteiger partial charge < -0.3 is 25.2 Å². The molecule has 10 nitrogen and oxygen atoms in total. The van der Waals surface area contributed by atoms with Crippen molar-refractivity contribution in [3.8, 4) is 17.2 Å². The molecule has 11 heteroatoms. The minimum Gasteiger partial charge on any atom is -0.508 e. The zero-order chi connectivity index (χ0) is 40.7. The van der Waals surface area contributed by atoms with Gasteiger partial charge in [-0.15, -0.1) is 11.6 Å². The molecule has 3 fully saturated rings. The molecule has 4 aromatic carbocycles. The van der Waals surface area contributed by atoms with Crippen LogP contribution in [0.3, 0.4) is 0 Å². The summed E-state index contributed by atoms with van der Waals surface area (Å²) in [7, 11) is 0. The molecule has 4 aliphatic heterocycles. The number of imide groups is 1. The van der Waals surface area contributed by atoms with E-state index in [1.807, 2.05) is 36.4 Å². The predicted molar refractivity (Wildman–Crippen MR) is 234 cm³/mol. The number of rotatable bonds is 14. The number of hydrogen-bond acceptors (Lipinski definition) is 9. The zero-order valence-electron chi connectivity index (χ0n) is 33.8. The van der Waals surface area contributed by atoms with E-state index in [-0.39, 0.29) is 29.4 Å². The smallest absolute Gasteiger partial charge is 0.243 e. The first-order valence-electron chi connectivity index (χ1n) is 21.3. The highest BCUT2D eigenvalue weighted by Crippen LogP contribution is 2.37. The van der Waals surface area contributed by atoms with Gasteiger partial charge in [-0.1, -0.05) is 42.5 Å². The summed E-state index contributed by atoms with van der Waals surface area (Å²) in [6.45, 7) is 8.58. The number of benzene rings is 4. The van der Waals surface area contributed by atoms with Gasteiger partial charge in [0.25, 0.3) is 0 Å². The van der Waals surface area contributed by atoms with E-state index in [0.29, 0.717) is 43.7 Å². The lowest BCUT2D eigenvalue weighted by atomic mass is 9.88. The normalized spacial score (nSPS) is 21.2. The van der Waals surface area contributed by atoms with Crippen molar-refractivity contribution < 1.29 is 24.5 Å². The number of allylic oxidation sites excluding steroid dienone is 1. The molecule has 0 saturated carbocycles. The molecule has 0 bridgehead atoms. The number of fused-ring (bicyclic) bond motifs is 1. The summed E-state index contributed by atoms with van der Waals surface area (Å²) in [5.41, 5.74) is 8.79. The number of hydrogen-bond donors (Lipinski definition) is 4. The highest BCUT2D eigenvalue weighted by molar-refractivity contribution is 6.18. The van der Waals surface area contributed by atoms with Crippen molar-refractivity contribution in [1.29, 1.82) is 0 Å². The third-order valence-electron chi connectivity index (χ3n) is 12.5. The molecule has 0 radical (unpaired) electrons. The van der Waals surface area contributed by atoms with E-state index in [2.05, 4.69) is 55.7 Å². The molecule has 0 aromatic heterocycles. The molecule has 59 heavy (non-hydrogen) atoms. The third-order valence-corrected chi connectivity index (χ3v) is 12.7. The average molecular weight is 818 g/mol. The van der Waals surface area contributed by atoms with Gasteiger partial charge in [0.15, 0.2) is 0 Å². The molecule has 4 heterocycles. The van der Waals surface area contributed by atoms with Crippen molar-refractivity contribution in [2.24, 2.45) is 5.92 Å². The quantitative estimate of drug-likeness (QED) is 0.0584. The van der Waals surface area contributed by atoms with Gasteiger partial charge in [0.2, 0.25) is 11.8 Å². The number of amides is 2. The second-order valence-corrected chi connectivity index (χ2v) is 17.0. The Bertz CT molecular complexity index is 2100. The van der Waals surface area contributed by atoms with Crippen LogP contribution < -0.4 is 15.4 Å². The van der Waals surface area contributed by atoms with Crippen molar-refractivity contribution in [3.05, 3.63) is 119 Å². The standard InChI is InChI=1S/C48H56ClN5O5/c49-22-19-44(34-4-11-41(55)12-5-34)47(35-6-13-42(56)14-7-35)36-8-15-43(16-9-36)59-27-26-52-24-20-33(21-25-52)29-53-23-1-2-40(32-53)50-39-10-3-37-30-54(31-38(37)28-39)45-17-18-46(57)51-48(45)58/h3-16,28,33,40,45,50,55-56H,1-2,17-27,29-32H2,(H,51,57,58)/t40-,45?/m1/s1. The molecule has 3 saturated heterocycles. The number of anilines is 1. The summed E-state index contributed by atoms with van der Waals surface area (Å²) in [6.07, 6.45) is 6.42. The molecular weight excluding hydrogens is 762 g/mol. The summed E-state index contributed by atoms with van der Waals surface area (Å²) in [4.78, 5) is 31.5. The van der Waals surface area contributed by atoms with Crippen LogP contribution in [0.1, 0.15) is 72.8 Å². The SMILES string of the molecule is O=C1CCC(N2Cc3ccc(N[C@@H]4CCCN(CC5CCN(CCOc6ccc(C(=C(CCCl)c7ccc(O)cc7)c7ccc(O)cc7)cc6)CC5)C4)cc3C2)C(=O)N1. The highest BCUT2D eigenvalue weighted by Gasteiger charge is 2.35. The van der Waals surface area contributed by atoms with E-state index < -0.39 is 0 Å². The van der Waals surface area contributed by atoms with Crippen molar-refractivity contribution in [1.82, 2.24) is 20.0 Å². The number of carbonyl (C=O) groups is 2. The summed E-state index contributed by atoms with van der Waals surface area (Å²) >= 11 is 6.32. The zero-order valence-corrected chi connectivity index (χ0v) is 34.5. The van der Waals surface area contributed by atoms with Crippen LogP contribution in [0, 0.1) is 5.92 Å². The maximum atomic E-state index is 12.5. The monoisotopic (exact) mass is 817 g/mol. The first-order valence-corrected chi connectivity index (χ1v) is 21.8. The van der Waals surface area contributed by atoms with E-state index in [1.54, 1.807) is 24.3 Å². The van der Waals surface area contributed by atoms with E-state index in [0.717, 1.165) is 91.6 Å². The minimum absolute atomic E-state index is 0.162. The van der Waals surface area contributed by atoms with Gasteiger partial charge in [-0.2, -0.15) is 0 Å². The Morgan fingerprint density at radius 2 is 1.46 bits per heavy atom. The van der Waals surface area contributed by atoms with Crippen molar-refractivity contribution in [3.63, 3.8) is 0 Å². The molecule has 4 aliphatic rings. The number of alkyl halides is 1. The lowest BCUT2D eigenvalue weighted by molar-refractivity contribution is -0.137. The Labute approximate surface area is 352 Å². The topological polar surface area (TPSA) is 118 Å². The van der Waals surface area contributed by atoms with Gasteiger partial charge in [-0.25, -0.2) is 0 Å². The number of halogens is 1. The first-order chi connectivity index (χ1) is 28.8. The number of nitrogens with zero attached hydrogens (tertiary/aromatic N) is 3. The fraction of sp³-hybridized carbons (Fsp3) is 0.417. The molecule has 4 N–H and O–H groups in total. The molecule has 8 rings (SSSR count). The lowest BCUT2D eigenvalue weighted by Gasteiger charge is -2.38. The molecular formula is C48H56ClN5O5. The van der Waals surface area contributed by atoms with Crippen LogP contribution >= 0.6 is 11.6 Å². The van der Waals surface area contributed by atoms with Gasteiger partial charge >= 0.3 is 0 Å². The summed E-state index contributed by atoms with van der Waals surface area (Å²) < 4.78 is 6.26. The van der Waals surface area contributed by atoms with Gasteiger partial charge in [0, 0.05) is 56.8 Å². The Hall–Kier alpha value is -4.87. The summed E-state index contributed by atoms with van der Waals surface area (Å²) in [5.74, 6) is 2.09.